The molecule has 2 heterocycles. The van der Waals surface area contributed by atoms with Gasteiger partial charge in [0.25, 0.3) is 5.91 Å². The largest absolute Gasteiger partial charge is 0.329 e. The van der Waals surface area contributed by atoms with E-state index >= 15 is 0 Å². The Morgan fingerprint density at radius 2 is 1.77 bits per heavy atom. The smallest absolute Gasteiger partial charge is 0.323 e. The fraction of sp³-hybridized carbons (Fsp3) is 0.0455. The zero-order chi connectivity index (χ0) is 21.1. The highest BCUT2D eigenvalue weighted by atomic mass is 19.1. The number of amides is 4. The summed E-state index contributed by atoms with van der Waals surface area (Å²) in [6.45, 7) is -0.526. The fourth-order valence-corrected chi connectivity index (χ4v) is 3.04. The van der Waals surface area contributed by atoms with Crippen LogP contribution in [0.1, 0.15) is 5.56 Å². The van der Waals surface area contributed by atoms with Crippen molar-refractivity contribution >= 4 is 29.6 Å². The highest BCUT2D eigenvalue weighted by Crippen LogP contribution is 2.17. The Morgan fingerprint density at radius 1 is 1.03 bits per heavy atom. The third kappa shape index (κ3) is 3.97. The van der Waals surface area contributed by atoms with Gasteiger partial charge < -0.3 is 15.2 Å². The first-order valence-corrected chi connectivity index (χ1v) is 9.13. The molecule has 0 atom stereocenters. The summed E-state index contributed by atoms with van der Waals surface area (Å²) in [5.74, 6) is -1.91. The zero-order valence-corrected chi connectivity index (χ0v) is 15.7. The van der Waals surface area contributed by atoms with Crippen LogP contribution in [0.5, 0.6) is 0 Å². The molecular formula is C22H17FN4O3. The van der Waals surface area contributed by atoms with Crippen LogP contribution >= 0.6 is 0 Å². The van der Waals surface area contributed by atoms with Crippen molar-refractivity contribution in [3.63, 3.8) is 0 Å². The first kappa shape index (κ1) is 19.1. The van der Waals surface area contributed by atoms with Gasteiger partial charge in [0.05, 0.1) is 5.69 Å². The van der Waals surface area contributed by atoms with E-state index in [9.17, 15) is 18.8 Å². The third-order valence-corrected chi connectivity index (χ3v) is 4.49. The molecule has 1 aliphatic heterocycles. The van der Waals surface area contributed by atoms with E-state index in [1.165, 1.54) is 24.3 Å². The van der Waals surface area contributed by atoms with Crippen LogP contribution < -0.4 is 10.6 Å². The number of benzene rings is 2. The number of anilines is 1. The molecule has 1 aromatic heterocycles. The van der Waals surface area contributed by atoms with Gasteiger partial charge in [-0.05, 0) is 42.0 Å². The molecule has 1 aliphatic rings. The number of aromatic nitrogens is 1. The van der Waals surface area contributed by atoms with Crippen LogP contribution in [0, 0.1) is 5.82 Å². The number of imide groups is 1. The number of urea groups is 1. The zero-order valence-electron chi connectivity index (χ0n) is 15.7. The summed E-state index contributed by atoms with van der Waals surface area (Å²) in [6.07, 6.45) is 5.19. The maximum atomic E-state index is 13.7. The highest BCUT2D eigenvalue weighted by molar-refractivity contribution is 6.15. The van der Waals surface area contributed by atoms with Gasteiger partial charge in [0.2, 0.25) is 5.91 Å². The maximum absolute atomic E-state index is 13.7. The number of nitrogens with one attached hydrogen (secondary N) is 2. The van der Waals surface area contributed by atoms with Crippen LogP contribution in [0.2, 0.25) is 0 Å². The number of halogens is 1. The molecule has 2 N–H and O–H groups in total. The average Bonchev–Trinajstić information content (AvgIpc) is 3.31. The van der Waals surface area contributed by atoms with Crippen molar-refractivity contribution in [3.05, 3.63) is 90.1 Å². The van der Waals surface area contributed by atoms with Crippen LogP contribution in [0.3, 0.4) is 0 Å². The van der Waals surface area contributed by atoms with E-state index in [-0.39, 0.29) is 11.4 Å². The minimum absolute atomic E-state index is 0.0208. The molecule has 3 aromatic rings. The molecule has 150 valence electrons. The second-order valence-electron chi connectivity index (χ2n) is 6.60. The monoisotopic (exact) mass is 404 g/mol. The maximum Gasteiger partial charge on any atom is 0.329 e. The summed E-state index contributed by atoms with van der Waals surface area (Å²) >= 11 is 0. The van der Waals surface area contributed by atoms with E-state index in [4.69, 9.17) is 0 Å². The molecular weight excluding hydrogens is 387 g/mol. The molecule has 0 bridgehead atoms. The lowest BCUT2D eigenvalue weighted by molar-refractivity contribution is -0.127. The Kier molecular flexibility index (Phi) is 5.13. The van der Waals surface area contributed by atoms with Crippen molar-refractivity contribution in [3.8, 4) is 5.69 Å². The minimum Gasteiger partial charge on any atom is -0.323 e. The van der Waals surface area contributed by atoms with Gasteiger partial charge in [0.15, 0.2) is 0 Å². The number of para-hydroxylation sites is 2. The van der Waals surface area contributed by atoms with E-state index < -0.39 is 30.2 Å². The van der Waals surface area contributed by atoms with Crippen molar-refractivity contribution in [2.75, 3.05) is 11.9 Å². The summed E-state index contributed by atoms with van der Waals surface area (Å²) in [6, 6.07) is 16.4. The van der Waals surface area contributed by atoms with Crippen LogP contribution in [-0.4, -0.2) is 33.9 Å². The molecule has 0 aliphatic carbocycles. The third-order valence-electron chi connectivity index (χ3n) is 4.49. The van der Waals surface area contributed by atoms with Gasteiger partial charge in [-0.15, -0.1) is 0 Å². The molecule has 30 heavy (non-hydrogen) atoms. The van der Waals surface area contributed by atoms with Crippen molar-refractivity contribution in [2.24, 2.45) is 0 Å². The summed E-state index contributed by atoms with van der Waals surface area (Å²) in [5.41, 5.74) is 1.70. The topological polar surface area (TPSA) is 83.4 Å². The fourth-order valence-electron chi connectivity index (χ4n) is 3.04. The van der Waals surface area contributed by atoms with Gasteiger partial charge in [-0.1, -0.05) is 30.3 Å². The van der Waals surface area contributed by atoms with Crippen LogP contribution in [0.15, 0.2) is 78.8 Å². The van der Waals surface area contributed by atoms with Crippen LogP contribution in [0.25, 0.3) is 11.8 Å². The molecule has 0 unspecified atom stereocenters. The van der Waals surface area contributed by atoms with Gasteiger partial charge in [-0.25, -0.2) is 14.1 Å². The molecule has 7 nitrogen and oxygen atoms in total. The van der Waals surface area contributed by atoms with Gasteiger partial charge in [-0.3, -0.25) is 9.59 Å². The molecule has 4 amide bonds. The Labute approximate surface area is 171 Å². The molecule has 8 heteroatoms. The van der Waals surface area contributed by atoms with E-state index in [1.54, 1.807) is 12.1 Å². The molecule has 0 radical (unpaired) electrons. The predicted molar refractivity (Wildman–Crippen MR) is 109 cm³/mol. The standard InChI is InChI=1S/C22H17FN4O3/c23-17-8-4-5-9-18(17)24-20(28)14-27-21(29)19(25-22(27)30)12-15-10-11-26(13-15)16-6-2-1-3-7-16/h1-13H,14H2,(H,24,28)(H,25,30)/b19-12+. The number of hydrogen-bond donors (Lipinski definition) is 2. The highest BCUT2D eigenvalue weighted by Gasteiger charge is 2.35. The van der Waals surface area contributed by atoms with Crippen LogP contribution in [-0.2, 0) is 9.59 Å². The second kappa shape index (κ2) is 8.04. The molecule has 0 saturated carbocycles. The quantitative estimate of drug-likeness (QED) is 0.506. The lowest BCUT2D eigenvalue weighted by atomic mass is 10.2. The number of nitrogens with zero attached hydrogens (tertiary/aromatic N) is 2. The molecule has 0 spiro atoms. The second-order valence-corrected chi connectivity index (χ2v) is 6.60. The molecule has 1 fully saturated rings. The normalized spacial score (nSPS) is 14.8. The lowest BCUT2D eigenvalue weighted by Crippen LogP contribution is -2.38. The first-order chi connectivity index (χ1) is 14.5. The van der Waals surface area contributed by atoms with Crippen molar-refractivity contribution in [2.45, 2.75) is 0 Å². The Bertz CT molecular complexity index is 1150. The van der Waals surface area contributed by atoms with E-state index in [2.05, 4.69) is 10.6 Å². The number of carbonyl (C=O) groups excluding carboxylic acids is 3. The summed E-state index contributed by atoms with van der Waals surface area (Å²) in [4.78, 5) is 37.7. The number of carbonyl (C=O) groups is 3. The first-order valence-electron chi connectivity index (χ1n) is 9.13. The molecule has 2 aromatic carbocycles. The van der Waals surface area contributed by atoms with Crippen molar-refractivity contribution in [1.82, 2.24) is 14.8 Å². The summed E-state index contributed by atoms with van der Waals surface area (Å²) in [7, 11) is 0. The summed E-state index contributed by atoms with van der Waals surface area (Å²) in [5, 5.41) is 4.82. The van der Waals surface area contributed by atoms with E-state index in [1.807, 2.05) is 47.3 Å². The van der Waals surface area contributed by atoms with Crippen molar-refractivity contribution in [1.29, 1.82) is 0 Å². The number of rotatable bonds is 5. The van der Waals surface area contributed by atoms with Crippen molar-refractivity contribution < 1.29 is 18.8 Å². The SMILES string of the molecule is O=C(CN1C(=O)N/C(=C/c2ccn(-c3ccccc3)c2)C1=O)Nc1ccccc1F. The average molecular weight is 404 g/mol. The lowest BCUT2D eigenvalue weighted by Gasteiger charge is -2.12. The number of hydrogen-bond acceptors (Lipinski definition) is 3. The molecule has 4 rings (SSSR count). The van der Waals surface area contributed by atoms with Gasteiger partial charge in [0, 0.05) is 18.1 Å². The van der Waals surface area contributed by atoms with E-state index in [0.29, 0.717) is 5.56 Å². The Hall–Kier alpha value is -4.20. The van der Waals surface area contributed by atoms with Gasteiger partial charge >= 0.3 is 6.03 Å². The predicted octanol–water partition coefficient (Wildman–Crippen LogP) is 3.15. The Morgan fingerprint density at radius 3 is 2.53 bits per heavy atom. The van der Waals surface area contributed by atoms with E-state index in [0.717, 1.165) is 10.6 Å². The minimum atomic E-state index is -0.711. The van der Waals surface area contributed by atoms with Gasteiger partial charge in [0.1, 0.15) is 18.1 Å². The summed E-state index contributed by atoms with van der Waals surface area (Å²) < 4.78 is 15.5. The van der Waals surface area contributed by atoms with Gasteiger partial charge in [-0.2, -0.15) is 0 Å². The Balaban J connectivity index is 1.45. The molecule has 1 saturated heterocycles. The van der Waals surface area contributed by atoms with Crippen LogP contribution in [0.4, 0.5) is 14.9 Å².